The molecule has 5 nitrogen and oxygen atoms in total. The Bertz CT molecular complexity index is 940. The first-order valence-corrected chi connectivity index (χ1v) is 13.2. The van der Waals surface area contributed by atoms with Crippen molar-refractivity contribution in [1.29, 1.82) is 0 Å². The Morgan fingerprint density at radius 2 is 1.82 bits per heavy atom. The van der Waals surface area contributed by atoms with Crippen molar-refractivity contribution >= 4 is 11.9 Å². The van der Waals surface area contributed by atoms with Crippen LogP contribution in [0.4, 0.5) is 4.39 Å². The number of fused-ring (bicyclic) bond motifs is 2. The van der Waals surface area contributed by atoms with Crippen LogP contribution < -0.4 is 4.74 Å². The van der Waals surface area contributed by atoms with Crippen LogP contribution in [0.25, 0.3) is 0 Å². The predicted octanol–water partition coefficient (Wildman–Crippen LogP) is 6.01. The Hall–Kier alpha value is -2.11. The third-order valence-corrected chi connectivity index (χ3v) is 8.67. The molecule has 1 amide bonds. The van der Waals surface area contributed by atoms with Crippen molar-refractivity contribution in [1.82, 2.24) is 4.90 Å². The Labute approximate surface area is 202 Å². The van der Waals surface area contributed by atoms with Crippen LogP contribution in [0, 0.1) is 29.0 Å². The highest BCUT2D eigenvalue weighted by Gasteiger charge is 2.42. The van der Waals surface area contributed by atoms with Crippen LogP contribution >= 0.6 is 0 Å². The zero-order valence-electron chi connectivity index (χ0n) is 20.5. The lowest BCUT2D eigenvalue weighted by Crippen LogP contribution is -2.48. The first-order valence-electron chi connectivity index (χ1n) is 13.2. The van der Waals surface area contributed by atoms with E-state index in [1.54, 1.807) is 6.07 Å². The highest BCUT2D eigenvalue weighted by atomic mass is 19.1. The largest absolute Gasteiger partial charge is 0.493 e. The molecule has 1 aromatic rings. The minimum atomic E-state index is -1.02. The third-order valence-electron chi connectivity index (χ3n) is 8.67. The molecule has 2 bridgehead atoms. The molecule has 1 aliphatic heterocycles. The van der Waals surface area contributed by atoms with Gasteiger partial charge in [-0.1, -0.05) is 13.8 Å². The number of halogens is 1. The molecule has 1 saturated heterocycles. The van der Waals surface area contributed by atoms with Crippen LogP contribution in [0.5, 0.6) is 5.75 Å². The summed E-state index contributed by atoms with van der Waals surface area (Å²) in [5.74, 6) is 1.06. The number of rotatable bonds is 6. The first kappa shape index (κ1) is 23.6. The molecule has 3 aliphatic carbocycles. The first-order chi connectivity index (χ1) is 16.2. The maximum absolute atomic E-state index is 15.3. The lowest BCUT2D eigenvalue weighted by Gasteiger charge is -2.47. The Morgan fingerprint density at radius 3 is 2.47 bits per heavy atom. The Kier molecular flexibility index (Phi) is 6.36. The van der Waals surface area contributed by atoms with Gasteiger partial charge in [-0.05, 0) is 99.5 Å². The van der Waals surface area contributed by atoms with Gasteiger partial charge in [0.05, 0.1) is 12.2 Å². The van der Waals surface area contributed by atoms with Crippen molar-refractivity contribution in [2.75, 3.05) is 13.2 Å². The van der Waals surface area contributed by atoms with Gasteiger partial charge in [0.25, 0.3) is 5.91 Å². The van der Waals surface area contributed by atoms with Gasteiger partial charge in [-0.2, -0.15) is 0 Å². The van der Waals surface area contributed by atoms with E-state index in [9.17, 15) is 14.7 Å². The number of likely N-dealkylation sites (tertiary alicyclic amines) is 1. The number of carboxylic acid groups (broad SMARTS) is 1. The molecule has 3 atom stereocenters. The van der Waals surface area contributed by atoms with Gasteiger partial charge < -0.3 is 14.7 Å². The van der Waals surface area contributed by atoms with Gasteiger partial charge in [-0.3, -0.25) is 4.79 Å². The number of carbonyl (C=O) groups excluding carboxylic acids is 1. The summed E-state index contributed by atoms with van der Waals surface area (Å²) in [5, 5.41) is 9.55. The number of nitrogens with zero attached hydrogens (tertiary/aromatic N) is 1. The molecule has 4 aliphatic rings. The number of piperidine rings is 1. The van der Waals surface area contributed by atoms with Crippen molar-refractivity contribution in [3.8, 4) is 5.75 Å². The fraction of sp³-hybridized carbons (Fsp3) is 0.714. The molecule has 3 saturated carbocycles. The normalized spacial score (nSPS) is 33.4. The molecule has 0 spiro atoms. The number of hydrogen-bond acceptors (Lipinski definition) is 3. The molecule has 186 valence electrons. The summed E-state index contributed by atoms with van der Waals surface area (Å²) in [6.45, 7) is 5.61. The molecule has 1 N–H and O–H groups in total. The number of ether oxygens (including phenoxy) is 1. The molecule has 4 fully saturated rings. The number of aliphatic carboxylic acids is 1. The van der Waals surface area contributed by atoms with Gasteiger partial charge in [-0.25, -0.2) is 9.18 Å². The van der Waals surface area contributed by atoms with E-state index in [2.05, 4.69) is 13.8 Å². The minimum absolute atomic E-state index is 0.0187. The quantitative estimate of drug-likeness (QED) is 0.551. The Morgan fingerprint density at radius 1 is 1.12 bits per heavy atom. The van der Waals surface area contributed by atoms with Gasteiger partial charge >= 0.3 is 5.97 Å². The summed E-state index contributed by atoms with van der Waals surface area (Å²) in [4.78, 5) is 26.2. The summed E-state index contributed by atoms with van der Waals surface area (Å²) in [6, 6.07) is 2.16. The SMILES string of the molecule is CC1CC2CC(C1)CC(C)(COc1cc(F)c(C(=O)N3CCCCC3C(=O)O)cc1C1CC1)C2. The molecule has 6 heteroatoms. The van der Waals surface area contributed by atoms with E-state index >= 15 is 4.39 Å². The van der Waals surface area contributed by atoms with Crippen LogP contribution in [0.3, 0.4) is 0 Å². The van der Waals surface area contributed by atoms with E-state index in [0.29, 0.717) is 25.3 Å². The second-order valence-electron chi connectivity index (χ2n) is 12.0. The van der Waals surface area contributed by atoms with E-state index in [4.69, 9.17) is 4.74 Å². The van der Waals surface area contributed by atoms with E-state index in [1.807, 2.05) is 0 Å². The summed E-state index contributed by atoms with van der Waals surface area (Å²) in [5.41, 5.74) is 0.985. The van der Waals surface area contributed by atoms with Crippen LogP contribution in [-0.4, -0.2) is 41.1 Å². The summed E-state index contributed by atoms with van der Waals surface area (Å²) < 4.78 is 21.6. The summed E-state index contributed by atoms with van der Waals surface area (Å²) in [6.07, 6.45) is 10.2. The van der Waals surface area contributed by atoms with Gasteiger partial charge in [0.2, 0.25) is 0 Å². The number of benzene rings is 1. The average molecular weight is 472 g/mol. The van der Waals surface area contributed by atoms with Crippen LogP contribution in [0.15, 0.2) is 12.1 Å². The maximum atomic E-state index is 15.3. The topological polar surface area (TPSA) is 66.8 Å². The second-order valence-corrected chi connectivity index (χ2v) is 12.0. The predicted molar refractivity (Wildman–Crippen MR) is 128 cm³/mol. The molecular formula is C28H38FNO4. The molecule has 5 rings (SSSR count). The van der Waals surface area contributed by atoms with E-state index in [1.165, 1.54) is 30.2 Å². The van der Waals surface area contributed by atoms with Gasteiger partial charge in [0.15, 0.2) is 0 Å². The van der Waals surface area contributed by atoms with Gasteiger partial charge in [-0.15, -0.1) is 0 Å². The van der Waals surface area contributed by atoms with Crippen LogP contribution in [0.2, 0.25) is 0 Å². The van der Waals surface area contributed by atoms with Crippen LogP contribution in [0.1, 0.15) is 99.9 Å². The molecule has 0 radical (unpaired) electrons. The molecule has 1 heterocycles. The number of amides is 1. The molecule has 1 aromatic carbocycles. The lowest BCUT2D eigenvalue weighted by atomic mass is 9.60. The fourth-order valence-corrected chi connectivity index (χ4v) is 7.24. The van der Waals surface area contributed by atoms with E-state index < -0.39 is 23.7 Å². The molecule has 0 aromatic heterocycles. The number of hydrogen-bond donors (Lipinski definition) is 1. The summed E-state index contributed by atoms with van der Waals surface area (Å²) in [7, 11) is 0. The molecular weight excluding hydrogens is 433 g/mol. The fourth-order valence-electron chi connectivity index (χ4n) is 7.24. The highest BCUT2D eigenvalue weighted by Crippen LogP contribution is 2.51. The second kappa shape index (κ2) is 9.16. The molecule has 3 unspecified atom stereocenters. The minimum Gasteiger partial charge on any atom is -0.493 e. The standard InChI is InChI=1S/C28H38FNO4/c1-17-9-18-11-19(10-17)15-28(2,14-18)16-34-25-13-23(29)22(12-21(25)20-6-7-20)26(31)30-8-4-3-5-24(30)27(32)33/h12-13,17-20,24H,3-11,14-16H2,1-2H3,(H,32,33). The van der Waals surface area contributed by atoms with Crippen LogP contribution in [-0.2, 0) is 4.79 Å². The zero-order chi connectivity index (χ0) is 24.0. The average Bonchev–Trinajstić information content (AvgIpc) is 3.61. The van der Waals surface area contributed by atoms with Crippen molar-refractivity contribution in [2.24, 2.45) is 23.2 Å². The third kappa shape index (κ3) is 4.83. The van der Waals surface area contributed by atoms with Crippen molar-refractivity contribution in [2.45, 2.75) is 90.0 Å². The summed E-state index contributed by atoms with van der Waals surface area (Å²) >= 11 is 0. The van der Waals surface area contributed by atoms with Crippen molar-refractivity contribution in [3.05, 3.63) is 29.1 Å². The number of carboxylic acids is 1. The van der Waals surface area contributed by atoms with Crippen molar-refractivity contribution in [3.63, 3.8) is 0 Å². The monoisotopic (exact) mass is 471 g/mol. The lowest BCUT2D eigenvalue weighted by molar-refractivity contribution is -0.143. The smallest absolute Gasteiger partial charge is 0.326 e. The Balaban J connectivity index is 1.35. The van der Waals surface area contributed by atoms with E-state index in [0.717, 1.165) is 61.8 Å². The van der Waals surface area contributed by atoms with E-state index in [-0.39, 0.29) is 16.9 Å². The zero-order valence-corrected chi connectivity index (χ0v) is 20.5. The van der Waals surface area contributed by atoms with Gasteiger partial charge in [0, 0.05) is 18.0 Å². The highest BCUT2D eigenvalue weighted by molar-refractivity contribution is 5.97. The van der Waals surface area contributed by atoms with Crippen molar-refractivity contribution < 1.29 is 23.8 Å². The maximum Gasteiger partial charge on any atom is 0.326 e. The number of carbonyl (C=O) groups is 2. The molecule has 34 heavy (non-hydrogen) atoms. The van der Waals surface area contributed by atoms with Gasteiger partial charge in [0.1, 0.15) is 17.6 Å².